The normalized spacial score (nSPS) is 16.2. The number of amides is 4. The molecule has 160 valence electrons. The molecule has 0 saturated heterocycles. The molecule has 0 bridgehead atoms. The third-order valence-corrected chi connectivity index (χ3v) is 5.85. The van der Waals surface area contributed by atoms with E-state index < -0.39 is 11.8 Å². The van der Waals surface area contributed by atoms with Crippen molar-refractivity contribution in [3.63, 3.8) is 0 Å². The molecule has 4 amide bonds. The highest BCUT2D eigenvalue weighted by molar-refractivity contribution is 6.22. The van der Waals surface area contributed by atoms with Gasteiger partial charge in [0.2, 0.25) is 5.91 Å². The second-order valence-electron chi connectivity index (χ2n) is 7.77. The first kappa shape index (κ1) is 20.6. The number of ether oxygens (including phenoxy) is 1. The zero-order chi connectivity index (χ0) is 22.1. The number of anilines is 1. The van der Waals surface area contributed by atoms with Crippen LogP contribution in [0.4, 0.5) is 5.69 Å². The average molecular weight is 421 g/mol. The Morgan fingerprint density at radius 3 is 2.32 bits per heavy atom. The molecule has 0 spiro atoms. The van der Waals surface area contributed by atoms with Crippen LogP contribution in [0.3, 0.4) is 0 Å². The highest BCUT2D eigenvalue weighted by Gasteiger charge is 2.40. The Labute approximate surface area is 179 Å². The van der Waals surface area contributed by atoms with Crippen LogP contribution in [0.1, 0.15) is 73.5 Å². The van der Waals surface area contributed by atoms with Gasteiger partial charge in [0.25, 0.3) is 17.7 Å². The maximum atomic E-state index is 13.0. The molecule has 8 nitrogen and oxygen atoms in total. The van der Waals surface area contributed by atoms with E-state index in [0.717, 1.165) is 32.1 Å². The predicted molar refractivity (Wildman–Crippen MR) is 113 cm³/mol. The smallest absolute Gasteiger partial charge is 0.261 e. The second kappa shape index (κ2) is 8.22. The lowest BCUT2D eigenvalue weighted by Crippen LogP contribution is -2.40. The van der Waals surface area contributed by atoms with Gasteiger partial charge in [-0.3, -0.25) is 24.1 Å². The molecule has 1 heterocycles. The van der Waals surface area contributed by atoms with Crippen molar-refractivity contribution in [1.82, 2.24) is 4.90 Å². The van der Waals surface area contributed by atoms with E-state index in [1.54, 1.807) is 0 Å². The number of benzene rings is 2. The van der Waals surface area contributed by atoms with E-state index >= 15 is 0 Å². The molecule has 0 radical (unpaired) electrons. The number of fused-ring (bicyclic) bond motifs is 1. The number of nitrogens with two attached hydrogens (primary N) is 1. The zero-order valence-electron chi connectivity index (χ0n) is 17.1. The van der Waals surface area contributed by atoms with Gasteiger partial charge in [0.05, 0.1) is 23.9 Å². The van der Waals surface area contributed by atoms with Crippen LogP contribution in [0, 0.1) is 0 Å². The lowest BCUT2D eigenvalue weighted by Gasteiger charge is -2.29. The molecule has 1 aliphatic carbocycles. The average Bonchev–Trinajstić information content (AvgIpc) is 3.03. The molecule has 3 N–H and O–H groups in total. The Kier molecular flexibility index (Phi) is 5.46. The van der Waals surface area contributed by atoms with E-state index in [1.807, 2.05) is 0 Å². The monoisotopic (exact) mass is 421 g/mol. The van der Waals surface area contributed by atoms with Crippen LogP contribution in [0.25, 0.3) is 0 Å². The van der Waals surface area contributed by atoms with Crippen molar-refractivity contribution in [1.29, 1.82) is 0 Å². The third-order valence-electron chi connectivity index (χ3n) is 5.85. The van der Waals surface area contributed by atoms with Crippen LogP contribution in [0.2, 0.25) is 0 Å². The van der Waals surface area contributed by atoms with E-state index in [0.29, 0.717) is 11.3 Å². The summed E-state index contributed by atoms with van der Waals surface area (Å²) in [7, 11) is 1.44. The van der Waals surface area contributed by atoms with Crippen LogP contribution in [0.15, 0.2) is 36.4 Å². The van der Waals surface area contributed by atoms with Gasteiger partial charge in [-0.05, 0) is 49.2 Å². The summed E-state index contributed by atoms with van der Waals surface area (Å²) in [6.07, 6.45) is 4.74. The number of rotatable bonds is 5. The lowest BCUT2D eigenvalue weighted by atomic mass is 9.94. The summed E-state index contributed by atoms with van der Waals surface area (Å²) >= 11 is 0. The molecule has 1 fully saturated rings. The number of imide groups is 1. The molecule has 2 aromatic rings. The molecule has 0 aromatic heterocycles. The van der Waals surface area contributed by atoms with Crippen molar-refractivity contribution in [2.75, 3.05) is 12.4 Å². The lowest BCUT2D eigenvalue weighted by molar-refractivity contribution is 0.0548. The molecule has 31 heavy (non-hydrogen) atoms. The van der Waals surface area contributed by atoms with Crippen LogP contribution in [0.5, 0.6) is 5.75 Å². The first-order valence-electron chi connectivity index (χ1n) is 10.2. The molecular weight excluding hydrogens is 398 g/mol. The number of carbonyl (C=O) groups is 4. The summed E-state index contributed by atoms with van der Waals surface area (Å²) in [6.45, 7) is 0. The highest BCUT2D eigenvalue weighted by Crippen LogP contribution is 2.32. The van der Waals surface area contributed by atoms with Gasteiger partial charge < -0.3 is 15.8 Å². The van der Waals surface area contributed by atoms with Gasteiger partial charge in [-0.25, -0.2) is 0 Å². The largest absolute Gasteiger partial charge is 0.495 e. The molecule has 4 rings (SSSR count). The zero-order valence-corrected chi connectivity index (χ0v) is 17.1. The minimum absolute atomic E-state index is 0.0840. The standard InChI is InChI=1S/C23H23N3O5/c1-31-19-10-8-13(20(24)27)12-18(19)25-21(28)14-7-9-16-17(11-14)23(30)26(22(16)29)15-5-3-2-4-6-15/h7-12,15H,2-6H2,1H3,(H2,24,27)(H,25,28). The minimum Gasteiger partial charge on any atom is -0.495 e. The molecule has 2 aliphatic rings. The molecule has 8 heteroatoms. The van der Waals surface area contributed by atoms with Crippen LogP contribution in [-0.4, -0.2) is 41.7 Å². The maximum absolute atomic E-state index is 13.0. The summed E-state index contributed by atoms with van der Waals surface area (Å²) < 4.78 is 5.23. The first-order valence-corrected chi connectivity index (χ1v) is 10.2. The van der Waals surface area contributed by atoms with Crippen molar-refractivity contribution >= 4 is 29.3 Å². The summed E-state index contributed by atoms with van der Waals surface area (Å²) in [5, 5.41) is 2.68. The van der Waals surface area contributed by atoms with Gasteiger partial charge in [0.15, 0.2) is 0 Å². The van der Waals surface area contributed by atoms with Gasteiger partial charge in [0, 0.05) is 17.2 Å². The summed E-state index contributed by atoms with van der Waals surface area (Å²) in [4.78, 5) is 51.4. The second-order valence-corrected chi connectivity index (χ2v) is 7.77. The van der Waals surface area contributed by atoms with Crippen molar-refractivity contribution in [3.05, 3.63) is 58.7 Å². The molecule has 2 aromatic carbocycles. The van der Waals surface area contributed by atoms with Gasteiger partial charge in [0.1, 0.15) is 5.75 Å². The third kappa shape index (κ3) is 3.76. The fraction of sp³-hybridized carbons (Fsp3) is 0.304. The van der Waals surface area contributed by atoms with E-state index in [2.05, 4.69) is 5.32 Å². The van der Waals surface area contributed by atoms with E-state index in [9.17, 15) is 19.2 Å². The van der Waals surface area contributed by atoms with Gasteiger partial charge in [-0.2, -0.15) is 0 Å². The quantitative estimate of drug-likeness (QED) is 0.720. The van der Waals surface area contributed by atoms with Crippen molar-refractivity contribution < 1.29 is 23.9 Å². The Morgan fingerprint density at radius 2 is 1.65 bits per heavy atom. The van der Waals surface area contributed by atoms with Crippen molar-refractivity contribution in [3.8, 4) is 5.75 Å². The topological polar surface area (TPSA) is 119 Å². The molecule has 1 aliphatic heterocycles. The number of primary amides is 1. The number of hydrogen-bond acceptors (Lipinski definition) is 5. The number of nitrogens with one attached hydrogen (secondary N) is 1. The van der Waals surface area contributed by atoms with E-state index in [1.165, 1.54) is 48.4 Å². The molecule has 1 saturated carbocycles. The summed E-state index contributed by atoms with van der Waals surface area (Å²) in [5.41, 5.74) is 6.58. The fourth-order valence-corrected chi connectivity index (χ4v) is 4.22. The highest BCUT2D eigenvalue weighted by atomic mass is 16.5. The molecule has 0 unspecified atom stereocenters. The van der Waals surface area contributed by atoms with Crippen LogP contribution >= 0.6 is 0 Å². The van der Waals surface area contributed by atoms with Gasteiger partial charge >= 0.3 is 0 Å². The van der Waals surface area contributed by atoms with Crippen molar-refractivity contribution in [2.24, 2.45) is 5.73 Å². The van der Waals surface area contributed by atoms with Gasteiger partial charge in [-0.1, -0.05) is 19.3 Å². The van der Waals surface area contributed by atoms with Crippen LogP contribution < -0.4 is 15.8 Å². The Balaban J connectivity index is 1.59. The van der Waals surface area contributed by atoms with Gasteiger partial charge in [-0.15, -0.1) is 0 Å². The number of carbonyl (C=O) groups excluding carboxylic acids is 4. The number of nitrogens with zero attached hydrogens (tertiary/aromatic N) is 1. The predicted octanol–water partition coefficient (Wildman–Crippen LogP) is 2.98. The van der Waals surface area contributed by atoms with E-state index in [-0.39, 0.29) is 40.2 Å². The Hall–Kier alpha value is -3.68. The minimum atomic E-state index is -0.636. The first-order chi connectivity index (χ1) is 14.9. The molecule has 0 atom stereocenters. The fourth-order valence-electron chi connectivity index (χ4n) is 4.22. The number of hydrogen-bond donors (Lipinski definition) is 2. The SMILES string of the molecule is COc1ccc(C(N)=O)cc1NC(=O)c1ccc2c(c1)C(=O)N(C1CCCCC1)C2=O. The Morgan fingerprint density at radius 1 is 0.968 bits per heavy atom. The Bertz CT molecular complexity index is 1090. The summed E-state index contributed by atoms with van der Waals surface area (Å²) in [6, 6.07) is 8.83. The maximum Gasteiger partial charge on any atom is 0.261 e. The number of methoxy groups -OCH3 is 1. The summed E-state index contributed by atoms with van der Waals surface area (Å²) in [5.74, 6) is -1.43. The van der Waals surface area contributed by atoms with Crippen LogP contribution in [-0.2, 0) is 0 Å². The molecular formula is C23H23N3O5. The van der Waals surface area contributed by atoms with Crippen molar-refractivity contribution in [2.45, 2.75) is 38.1 Å². The van der Waals surface area contributed by atoms with E-state index in [4.69, 9.17) is 10.5 Å².